The van der Waals surface area contributed by atoms with Gasteiger partial charge in [-0.2, -0.15) is 5.10 Å². The molecule has 0 saturated carbocycles. The van der Waals surface area contributed by atoms with E-state index >= 15 is 0 Å². The average molecular weight is 387 g/mol. The molecule has 0 aliphatic heterocycles. The van der Waals surface area contributed by atoms with Gasteiger partial charge < -0.3 is 4.57 Å². The van der Waals surface area contributed by atoms with Crippen molar-refractivity contribution in [1.82, 2.24) is 34.3 Å². The lowest BCUT2D eigenvalue weighted by atomic mass is 10.1. The lowest BCUT2D eigenvalue weighted by Crippen LogP contribution is -2.15. The van der Waals surface area contributed by atoms with Gasteiger partial charge in [0.2, 0.25) is 0 Å². The molecule has 7 heteroatoms. The van der Waals surface area contributed by atoms with Gasteiger partial charge in [-0.05, 0) is 13.3 Å². The monoisotopic (exact) mass is 387 g/mol. The van der Waals surface area contributed by atoms with Gasteiger partial charge in [0, 0.05) is 36.5 Å². The molecule has 0 aliphatic carbocycles. The zero-order valence-corrected chi connectivity index (χ0v) is 17.0. The summed E-state index contributed by atoms with van der Waals surface area (Å²) in [6, 6.07) is 10.2. The molecule has 0 unspecified atom stereocenters. The molecule has 3 heterocycles. The Hall–Kier alpha value is -3.35. The fraction of sp³-hybridized carbons (Fsp3) is 0.318. The van der Waals surface area contributed by atoms with Gasteiger partial charge in [-0.3, -0.25) is 0 Å². The van der Waals surface area contributed by atoms with Gasteiger partial charge in [-0.15, -0.1) is 0 Å². The van der Waals surface area contributed by atoms with Gasteiger partial charge in [0.25, 0.3) is 0 Å². The first-order valence-corrected chi connectivity index (χ1v) is 10.0. The first-order chi connectivity index (χ1) is 14.2. The molecular weight excluding hydrogens is 362 g/mol. The summed E-state index contributed by atoms with van der Waals surface area (Å²) in [5, 5.41) is 4.39. The zero-order chi connectivity index (χ0) is 20.2. The van der Waals surface area contributed by atoms with E-state index in [-0.39, 0.29) is 6.04 Å². The molecule has 4 aromatic rings. The molecule has 0 spiro atoms. The Morgan fingerprint density at radius 1 is 0.931 bits per heavy atom. The minimum absolute atomic E-state index is 0.0325. The van der Waals surface area contributed by atoms with Gasteiger partial charge in [0.1, 0.15) is 18.0 Å². The van der Waals surface area contributed by atoms with Crippen LogP contribution in [0.25, 0.3) is 22.5 Å². The molecule has 1 atom stereocenters. The summed E-state index contributed by atoms with van der Waals surface area (Å²) in [7, 11) is 0. The third-order valence-corrected chi connectivity index (χ3v) is 5.01. The maximum atomic E-state index is 4.76. The van der Waals surface area contributed by atoms with E-state index < -0.39 is 0 Å². The number of aromatic nitrogens is 7. The highest BCUT2D eigenvalue weighted by Crippen LogP contribution is 2.34. The van der Waals surface area contributed by atoms with Crippen molar-refractivity contribution in [2.45, 2.75) is 46.2 Å². The second-order valence-electron chi connectivity index (χ2n) is 6.97. The highest BCUT2D eigenvalue weighted by Gasteiger charge is 2.22. The lowest BCUT2D eigenvalue weighted by Gasteiger charge is -2.18. The molecule has 1 aromatic carbocycles. The Kier molecular flexibility index (Phi) is 5.46. The Morgan fingerprint density at radius 3 is 2.38 bits per heavy atom. The van der Waals surface area contributed by atoms with E-state index in [9.17, 15) is 0 Å². The number of imidazole rings is 1. The van der Waals surface area contributed by atoms with E-state index in [1.807, 2.05) is 41.6 Å². The third-order valence-electron chi connectivity index (χ3n) is 5.01. The Morgan fingerprint density at radius 2 is 1.69 bits per heavy atom. The van der Waals surface area contributed by atoms with Crippen LogP contribution in [-0.2, 0) is 13.0 Å². The summed E-state index contributed by atoms with van der Waals surface area (Å²) in [5.74, 6) is 1.74. The van der Waals surface area contributed by atoms with Gasteiger partial charge in [0.05, 0.1) is 23.8 Å². The summed E-state index contributed by atoms with van der Waals surface area (Å²) in [4.78, 5) is 18.3. The minimum atomic E-state index is -0.0325. The SMILES string of the molecule is CCCn1ncnc1[C@H](C)n1cnc(-c2ccccc2)c1-c1cnc(CC)nc1. The van der Waals surface area contributed by atoms with Crippen LogP contribution in [0, 0.1) is 0 Å². The molecule has 0 N–H and O–H groups in total. The van der Waals surface area contributed by atoms with Crippen LogP contribution in [0.1, 0.15) is 44.9 Å². The van der Waals surface area contributed by atoms with Crippen LogP contribution in [0.2, 0.25) is 0 Å². The molecule has 0 aliphatic rings. The average Bonchev–Trinajstić information content (AvgIpc) is 3.41. The fourth-order valence-electron chi connectivity index (χ4n) is 3.51. The second-order valence-corrected chi connectivity index (χ2v) is 6.97. The molecule has 148 valence electrons. The molecule has 0 bridgehead atoms. The number of hydrogen-bond donors (Lipinski definition) is 0. The number of nitrogens with zero attached hydrogens (tertiary/aromatic N) is 7. The van der Waals surface area contributed by atoms with E-state index in [1.165, 1.54) is 0 Å². The number of benzene rings is 1. The molecule has 0 amide bonds. The normalized spacial score (nSPS) is 12.2. The lowest BCUT2D eigenvalue weighted by molar-refractivity contribution is 0.508. The summed E-state index contributed by atoms with van der Waals surface area (Å²) in [6.45, 7) is 7.15. The Balaban J connectivity index is 1.85. The van der Waals surface area contributed by atoms with Crippen LogP contribution >= 0.6 is 0 Å². The molecule has 0 radical (unpaired) electrons. The molecule has 7 nitrogen and oxygen atoms in total. The molecule has 3 aromatic heterocycles. The van der Waals surface area contributed by atoms with Crippen LogP contribution in [0.3, 0.4) is 0 Å². The highest BCUT2D eigenvalue weighted by atomic mass is 15.3. The summed E-state index contributed by atoms with van der Waals surface area (Å²) >= 11 is 0. The first kappa shape index (κ1) is 19.0. The third kappa shape index (κ3) is 3.68. The molecule has 0 saturated heterocycles. The number of rotatable bonds is 7. The van der Waals surface area contributed by atoms with Crippen LogP contribution in [-0.4, -0.2) is 34.3 Å². The Bertz CT molecular complexity index is 1060. The maximum absolute atomic E-state index is 4.76. The van der Waals surface area contributed by atoms with Crippen LogP contribution < -0.4 is 0 Å². The van der Waals surface area contributed by atoms with Crippen LogP contribution in [0.5, 0.6) is 0 Å². The van der Waals surface area contributed by atoms with Crippen LogP contribution in [0.4, 0.5) is 0 Å². The predicted molar refractivity (Wildman–Crippen MR) is 112 cm³/mol. The number of hydrogen-bond acceptors (Lipinski definition) is 5. The van der Waals surface area contributed by atoms with Gasteiger partial charge in [0.15, 0.2) is 0 Å². The van der Waals surface area contributed by atoms with Crippen molar-refractivity contribution in [2.75, 3.05) is 0 Å². The summed E-state index contributed by atoms with van der Waals surface area (Å²) in [6.07, 6.45) is 9.07. The van der Waals surface area contributed by atoms with E-state index in [4.69, 9.17) is 4.98 Å². The predicted octanol–water partition coefficient (Wildman–Crippen LogP) is 4.18. The van der Waals surface area contributed by atoms with Crippen molar-refractivity contribution >= 4 is 0 Å². The molecule has 0 fully saturated rings. The van der Waals surface area contributed by atoms with Crippen molar-refractivity contribution in [3.05, 3.63) is 67.0 Å². The van der Waals surface area contributed by atoms with Crippen molar-refractivity contribution in [3.63, 3.8) is 0 Å². The first-order valence-electron chi connectivity index (χ1n) is 10.0. The van der Waals surface area contributed by atoms with E-state index in [0.717, 1.165) is 53.5 Å². The second kappa shape index (κ2) is 8.34. The highest BCUT2D eigenvalue weighted by molar-refractivity contribution is 5.78. The summed E-state index contributed by atoms with van der Waals surface area (Å²) < 4.78 is 4.11. The minimum Gasteiger partial charge on any atom is -0.319 e. The molecular formula is C22H25N7. The van der Waals surface area contributed by atoms with Gasteiger partial charge in [-0.25, -0.2) is 24.6 Å². The van der Waals surface area contributed by atoms with Crippen molar-refractivity contribution < 1.29 is 0 Å². The van der Waals surface area contributed by atoms with Crippen molar-refractivity contribution in [1.29, 1.82) is 0 Å². The summed E-state index contributed by atoms with van der Waals surface area (Å²) in [5.41, 5.74) is 3.89. The smallest absolute Gasteiger partial charge is 0.149 e. The van der Waals surface area contributed by atoms with Crippen molar-refractivity contribution in [3.8, 4) is 22.5 Å². The number of aryl methyl sites for hydroxylation is 2. The standard InChI is InChI=1S/C22H25N7/c1-4-11-29-22(25-14-27-29)16(3)28-15-26-20(17-9-7-6-8-10-17)21(28)18-12-23-19(5-2)24-13-18/h6-10,12-16H,4-5,11H2,1-3H3/t16-/m0/s1. The fourth-order valence-corrected chi connectivity index (χ4v) is 3.51. The van der Waals surface area contributed by atoms with Crippen LogP contribution in [0.15, 0.2) is 55.4 Å². The molecule has 29 heavy (non-hydrogen) atoms. The Labute approximate surface area is 170 Å². The topological polar surface area (TPSA) is 74.3 Å². The van der Waals surface area contributed by atoms with Crippen molar-refractivity contribution in [2.24, 2.45) is 0 Å². The van der Waals surface area contributed by atoms with E-state index in [1.54, 1.807) is 6.33 Å². The van der Waals surface area contributed by atoms with Gasteiger partial charge in [-0.1, -0.05) is 44.2 Å². The zero-order valence-electron chi connectivity index (χ0n) is 17.0. The largest absolute Gasteiger partial charge is 0.319 e. The van der Waals surface area contributed by atoms with E-state index in [2.05, 4.69) is 57.5 Å². The van der Waals surface area contributed by atoms with Gasteiger partial charge >= 0.3 is 0 Å². The van der Waals surface area contributed by atoms with E-state index in [0.29, 0.717) is 0 Å². The maximum Gasteiger partial charge on any atom is 0.149 e. The molecule has 4 rings (SSSR count). The quantitative estimate of drug-likeness (QED) is 0.475.